The summed E-state index contributed by atoms with van der Waals surface area (Å²) in [7, 11) is -2.13. The molecule has 0 fully saturated rings. The first-order chi connectivity index (χ1) is 9.27. The second kappa shape index (κ2) is 6.73. The number of hydrogen-bond donors (Lipinski definition) is 2. The zero-order valence-electron chi connectivity index (χ0n) is 11.1. The standard InChI is InChI=1S/C11H16FN3O4S/c1-8(6-13-2)7-14-20(18,19)9-3-4-11(15(16)17)10(12)5-9/h3-5,8,13-14H,6-7H2,1-2H3. The number of nitrogens with zero attached hydrogens (tertiary/aromatic N) is 1. The predicted molar refractivity (Wildman–Crippen MR) is 71.3 cm³/mol. The molecule has 1 aromatic carbocycles. The van der Waals surface area contributed by atoms with Gasteiger partial charge in [-0.3, -0.25) is 10.1 Å². The highest BCUT2D eigenvalue weighted by Gasteiger charge is 2.20. The molecule has 1 atom stereocenters. The average Bonchev–Trinajstić information content (AvgIpc) is 2.36. The van der Waals surface area contributed by atoms with Crippen LogP contribution in [-0.2, 0) is 10.0 Å². The van der Waals surface area contributed by atoms with E-state index in [1.165, 1.54) is 0 Å². The first-order valence-electron chi connectivity index (χ1n) is 5.86. The van der Waals surface area contributed by atoms with Crippen molar-refractivity contribution in [2.45, 2.75) is 11.8 Å². The summed E-state index contributed by atoms with van der Waals surface area (Å²) in [4.78, 5) is 9.22. The van der Waals surface area contributed by atoms with Crippen molar-refractivity contribution >= 4 is 15.7 Å². The third kappa shape index (κ3) is 4.22. The molecule has 0 aliphatic carbocycles. The highest BCUT2D eigenvalue weighted by atomic mass is 32.2. The molecule has 7 nitrogen and oxygen atoms in total. The topological polar surface area (TPSA) is 101 Å². The van der Waals surface area contributed by atoms with Crippen LogP contribution in [-0.4, -0.2) is 33.5 Å². The van der Waals surface area contributed by atoms with Crippen molar-refractivity contribution in [2.24, 2.45) is 5.92 Å². The predicted octanol–water partition coefficient (Wildman–Crippen LogP) is 0.868. The third-order valence-corrected chi connectivity index (χ3v) is 4.02. The Morgan fingerprint density at radius 2 is 2.05 bits per heavy atom. The molecule has 0 saturated heterocycles. The molecular weight excluding hydrogens is 289 g/mol. The van der Waals surface area contributed by atoms with Crippen molar-refractivity contribution in [2.75, 3.05) is 20.1 Å². The molecule has 20 heavy (non-hydrogen) atoms. The van der Waals surface area contributed by atoms with E-state index >= 15 is 0 Å². The Balaban J connectivity index is 2.88. The molecule has 0 bridgehead atoms. The van der Waals surface area contributed by atoms with E-state index in [0.29, 0.717) is 12.6 Å². The minimum Gasteiger partial charge on any atom is -0.319 e. The quantitative estimate of drug-likeness (QED) is 0.575. The lowest BCUT2D eigenvalue weighted by atomic mass is 10.2. The summed E-state index contributed by atoms with van der Waals surface area (Å²) >= 11 is 0. The van der Waals surface area contributed by atoms with Gasteiger partial charge < -0.3 is 5.32 Å². The van der Waals surface area contributed by atoms with Crippen LogP contribution in [0.25, 0.3) is 0 Å². The maximum Gasteiger partial charge on any atom is 0.304 e. The van der Waals surface area contributed by atoms with Crippen molar-refractivity contribution in [3.8, 4) is 0 Å². The summed E-state index contributed by atoms with van der Waals surface area (Å²) in [6.07, 6.45) is 0. The average molecular weight is 305 g/mol. The number of sulfonamides is 1. The normalized spacial score (nSPS) is 13.2. The SMILES string of the molecule is CNCC(C)CNS(=O)(=O)c1ccc([N+](=O)[O-])c(F)c1. The Hall–Kier alpha value is -1.58. The number of halogens is 1. The van der Waals surface area contributed by atoms with Gasteiger partial charge in [-0.05, 0) is 25.6 Å². The molecule has 2 N–H and O–H groups in total. The fraction of sp³-hybridized carbons (Fsp3) is 0.455. The lowest BCUT2D eigenvalue weighted by Crippen LogP contribution is -2.32. The molecule has 1 unspecified atom stereocenters. The fourth-order valence-electron chi connectivity index (χ4n) is 1.56. The zero-order valence-corrected chi connectivity index (χ0v) is 11.9. The van der Waals surface area contributed by atoms with E-state index in [9.17, 15) is 22.9 Å². The van der Waals surface area contributed by atoms with Gasteiger partial charge in [-0.25, -0.2) is 13.1 Å². The Kier molecular flexibility index (Phi) is 5.54. The monoisotopic (exact) mass is 305 g/mol. The molecule has 0 heterocycles. The highest BCUT2D eigenvalue weighted by molar-refractivity contribution is 7.89. The van der Waals surface area contributed by atoms with E-state index in [2.05, 4.69) is 10.0 Å². The fourth-order valence-corrected chi connectivity index (χ4v) is 2.74. The summed E-state index contributed by atoms with van der Waals surface area (Å²) < 4.78 is 39.6. The lowest BCUT2D eigenvalue weighted by molar-refractivity contribution is -0.387. The van der Waals surface area contributed by atoms with Gasteiger partial charge in [-0.1, -0.05) is 6.92 Å². The summed E-state index contributed by atoms with van der Waals surface area (Å²) in [6.45, 7) is 2.65. The van der Waals surface area contributed by atoms with Crippen molar-refractivity contribution in [3.05, 3.63) is 34.1 Å². The second-order valence-corrected chi connectivity index (χ2v) is 6.15. The van der Waals surface area contributed by atoms with Crippen molar-refractivity contribution in [3.63, 3.8) is 0 Å². The molecule has 0 aliphatic rings. The minimum absolute atomic E-state index is 0.0534. The van der Waals surface area contributed by atoms with E-state index in [1.807, 2.05) is 6.92 Å². The van der Waals surface area contributed by atoms with Crippen molar-refractivity contribution < 1.29 is 17.7 Å². The second-order valence-electron chi connectivity index (χ2n) is 4.39. The number of nitro benzene ring substituents is 1. The lowest BCUT2D eigenvalue weighted by Gasteiger charge is -2.12. The molecule has 0 amide bonds. The van der Waals surface area contributed by atoms with Crippen LogP contribution in [0, 0.1) is 21.8 Å². The van der Waals surface area contributed by atoms with Gasteiger partial charge in [-0.15, -0.1) is 0 Å². The van der Waals surface area contributed by atoms with Crippen LogP contribution in [0.4, 0.5) is 10.1 Å². The van der Waals surface area contributed by atoms with E-state index < -0.39 is 26.5 Å². The van der Waals surface area contributed by atoms with Crippen LogP contribution in [0.5, 0.6) is 0 Å². The maximum atomic E-state index is 13.4. The Bertz CT molecular complexity index is 591. The van der Waals surface area contributed by atoms with Crippen molar-refractivity contribution in [1.82, 2.24) is 10.0 Å². The first-order valence-corrected chi connectivity index (χ1v) is 7.34. The van der Waals surface area contributed by atoms with Gasteiger partial charge in [0.1, 0.15) is 0 Å². The van der Waals surface area contributed by atoms with Crippen LogP contribution >= 0.6 is 0 Å². The molecule has 0 spiro atoms. The Morgan fingerprint density at radius 1 is 1.40 bits per heavy atom. The molecular formula is C11H16FN3O4S. The number of benzene rings is 1. The first kappa shape index (κ1) is 16.5. The summed E-state index contributed by atoms with van der Waals surface area (Å²) in [5.74, 6) is -1.13. The molecule has 0 aromatic heterocycles. The highest BCUT2D eigenvalue weighted by Crippen LogP contribution is 2.20. The van der Waals surface area contributed by atoms with Crippen molar-refractivity contribution in [1.29, 1.82) is 0 Å². The van der Waals surface area contributed by atoms with Gasteiger partial charge in [0.2, 0.25) is 15.8 Å². The minimum atomic E-state index is -3.88. The van der Waals surface area contributed by atoms with E-state index in [-0.39, 0.29) is 17.4 Å². The van der Waals surface area contributed by atoms with Crippen LogP contribution in [0.3, 0.4) is 0 Å². The van der Waals surface area contributed by atoms with Crippen LogP contribution in [0.15, 0.2) is 23.1 Å². The van der Waals surface area contributed by atoms with E-state index in [0.717, 1.165) is 12.1 Å². The smallest absolute Gasteiger partial charge is 0.304 e. The zero-order chi connectivity index (χ0) is 15.3. The third-order valence-electron chi connectivity index (χ3n) is 2.60. The molecule has 0 radical (unpaired) electrons. The van der Waals surface area contributed by atoms with E-state index in [1.54, 1.807) is 7.05 Å². The number of nitrogens with one attached hydrogen (secondary N) is 2. The van der Waals surface area contributed by atoms with Gasteiger partial charge in [0.15, 0.2) is 0 Å². The van der Waals surface area contributed by atoms with E-state index in [4.69, 9.17) is 0 Å². The molecule has 0 saturated carbocycles. The number of nitro groups is 1. The number of hydrogen-bond acceptors (Lipinski definition) is 5. The van der Waals surface area contributed by atoms with Gasteiger partial charge in [0, 0.05) is 18.7 Å². The molecule has 1 rings (SSSR count). The maximum absolute atomic E-state index is 13.4. The Morgan fingerprint density at radius 3 is 2.55 bits per heavy atom. The van der Waals surface area contributed by atoms with Gasteiger partial charge in [0.05, 0.1) is 9.82 Å². The molecule has 0 aliphatic heterocycles. The summed E-state index contributed by atoms with van der Waals surface area (Å²) in [6, 6.07) is 2.48. The number of rotatable bonds is 7. The van der Waals surface area contributed by atoms with Gasteiger partial charge in [-0.2, -0.15) is 4.39 Å². The summed E-state index contributed by atoms with van der Waals surface area (Å²) in [5, 5.41) is 13.4. The largest absolute Gasteiger partial charge is 0.319 e. The molecule has 1 aromatic rings. The van der Waals surface area contributed by atoms with Crippen LogP contribution in [0.1, 0.15) is 6.92 Å². The van der Waals surface area contributed by atoms with Crippen LogP contribution in [0.2, 0.25) is 0 Å². The molecule has 112 valence electrons. The molecule has 9 heteroatoms. The van der Waals surface area contributed by atoms with Gasteiger partial charge >= 0.3 is 5.69 Å². The van der Waals surface area contributed by atoms with Gasteiger partial charge in [0.25, 0.3) is 0 Å². The summed E-state index contributed by atoms with van der Waals surface area (Å²) in [5.41, 5.74) is -0.757. The Labute approximate surface area is 116 Å². The van der Waals surface area contributed by atoms with Crippen LogP contribution < -0.4 is 10.0 Å².